The van der Waals surface area contributed by atoms with Crippen molar-refractivity contribution in [3.05, 3.63) is 57.3 Å². The molecule has 7 nitrogen and oxygen atoms in total. The van der Waals surface area contributed by atoms with Gasteiger partial charge in [-0.1, -0.05) is 0 Å². The largest absolute Gasteiger partial charge is 0.497 e. The number of ether oxygens (including phenoxy) is 1. The zero-order valence-corrected chi connectivity index (χ0v) is 18.7. The summed E-state index contributed by atoms with van der Waals surface area (Å²) >= 11 is 0. The normalized spacial score (nSPS) is 17.0. The molecule has 0 bridgehead atoms. The van der Waals surface area contributed by atoms with Gasteiger partial charge >= 0.3 is 0 Å². The van der Waals surface area contributed by atoms with Crippen LogP contribution in [0.25, 0.3) is 0 Å². The minimum Gasteiger partial charge on any atom is -0.497 e. The summed E-state index contributed by atoms with van der Waals surface area (Å²) in [5.41, 5.74) is 2.40. The lowest BCUT2D eigenvalue weighted by Crippen LogP contribution is -2.39. The molecule has 1 aromatic heterocycles. The lowest BCUT2D eigenvalue weighted by molar-refractivity contribution is -0.120. The average molecular weight is 438 g/mol. The van der Waals surface area contributed by atoms with Crippen LogP contribution >= 0.6 is 0 Å². The van der Waals surface area contributed by atoms with Gasteiger partial charge in [0.05, 0.1) is 19.3 Å². The number of nitrogens with zero attached hydrogens (tertiary/aromatic N) is 2. The van der Waals surface area contributed by atoms with E-state index in [0.717, 1.165) is 68.6 Å². The van der Waals surface area contributed by atoms with Gasteiger partial charge in [0.25, 0.3) is 5.56 Å². The standard InChI is InChI=1S/C25H31N3O4/c1-32-20-9-6-17(7-10-20)24(30)18-12-14-28(15-13-18)16-19(29)8-11-23-26-22-5-3-2-4-21(22)25(31)27-23/h6-7,9-10,18H,2-5,8,11-16H2,1H3,(H,26,27,31). The van der Waals surface area contributed by atoms with E-state index >= 15 is 0 Å². The third kappa shape index (κ3) is 5.33. The van der Waals surface area contributed by atoms with Gasteiger partial charge in [0.1, 0.15) is 17.4 Å². The zero-order chi connectivity index (χ0) is 22.5. The molecule has 2 aromatic rings. The van der Waals surface area contributed by atoms with Crippen molar-refractivity contribution in [3.63, 3.8) is 0 Å². The molecule has 1 saturated heterocycles. The molecule has 170 valence electrons. The SMILES string of the molecule is COc1ccc(C(=O)C2CCN(CC(=O)CCc3nc4c(c(=O)[nH]3)CCCC4)CC2)cc1. The Morgan fingerprint density at radius 3 is 2.56 bits per heavy atom. The first kappa shape index (κ1) is 22.4. The predicted octanol–water partition coefficient (Wildman–Crippen LogP) is 2.75. The van der Waals surface area contributed by atoms with Crippen molar-refractivity contribution in [1.82, 2.24) is 14.9 Å². The summed E-state index contributed by atoms with van der Waals surface area (Å²) in [5, 5.41) is 0. The van der Waals surface area contributed by atoms with Crippen molar-refractivity contribution in [2.45, 2.75) is 51.4 Å². The number of fused-ring (bicyclic) bond motifs is 1. The number of aromatic nitrogens is 2. The van der Waals surface area contributed by atoms with Crippen LogP contribution in [0.2, 0.25) is 0 Å². The van der Waals surface area contributed by atoms with E-state index in [-0.39, 0.29) is 23.0 Å². The van der Waals surface area contributed by atoms with E-state index in [1.165, 1.54) is 0 Å². The predicted molar refractivity (Wildman–Crippen MR) is 121 cm³/mol. The fourth-order valence-electron chi connectivity index (χ4n) is 4.70. The summed E-state index contributed by atoms with van der Waals surface area (Å²) in [7, 11) is 1.61. The smallest absolute Gasteiger partial charge is 0.254 e. The van der Waals surface area contributed by atoms with E-state index in [1.807, 2.05) is 24.3 Å². The van der Waals surface area contributed by atoms with Gasteiger partial charge in [0.15, 0.2) is 5.78 Å². The summed E-state index contributed by atoms with van der Waals surface area (Å²) in [6.07, 6.45) is 6.12. The van der Waals surface area contributed by atoms with E-state index in [2.05, 4.69) is 14.9 Å². The Morgan fingerprint density at radius 1 is 1.12 bits per heavy atom. The molecular weight excluding hydrogens is 406 g/mol. The highest BCUT2D eigenvalue weighted by molar-refractivity contribution is 5.98. The summed E-state index contributed by atoms with van der Waals surface area (Å²) in [4.78, 5) is 47.1. The highest BCUT2D eigenvalue weighted by atomic mass is 16.5. The number of hydrogen-bond acceptors (Lipinski definition) is 6. The molecule has 0 unspecified atom stereocenters. The molecule has 32 heavy (non-hydrogen) atoms. The molecule has 0 spiro atoms. The topological polar surface area (TPSA) is 92.4 Å². The lowest BCUT2D eigenvalue weighted by atomic mass is 9.88. The number of nitrogens with one attached hydrogen (secondary N) is 1. The van der Waals surface area contributed by atoms with E-state index < -0.39 is 0 Å². The van der Waals surface area contributed by atoms with Gasteiger partial charge in [-0.05, 0) is 75.9 Å². The number of benzene rings is 1. The number of carbonyl (C=O) groups is 2. The number of aryl methyl sites for hydroxylation is 2. The molecule has 1 N–H and O–H groups in total. The first-order valence-electron chi connectivity index (χ1n) is 11.6. The summed E-state index contributed by atoms with van der Waals surface area (Å²) in [5.74, 6) is 1.67. The second-order valence-electron chi connectivity index (χ2n) is 8.83. The number of piperidine rings is 1. The van der Waals surface area contributed by atoms with Crippen LogP contribution in [-0.2, 0) is 24.1 Å². The van der Waals surface area contributed by atoms with Gasteiger partial charge in [-0.3, -0.25) is 19.3 Å². The van der Waals surface area contributed by atoms with Crippen LogP contribution in [0.4, 0.5) is 0 Å². The average Bonchev–Trinajstić information content (AvgIpc) is 2.83. The van der Waals surface area contributed by atoms with Gasteiger partial charge in [-0.25, -0.2) is 4.98 Å². The van der Waals surface area contributed by atoms with Crippen molar-refractivity contribution < 1.29 is 14.3 Å². The van der Waals surface area contributed by atoms with Crippen molar-refractivity contribution in [3.8, 4) is 5.75 Å². The second-order valence-corrected chi connectivity index (χ2v) is 8.83. The Morgan fingerprint density at radius 2 is 1.84 bits per heavy atom. The maximum absolute atomic E-state index is 12.8. The van der Waals surface area contributed by atoms with E-state index in [1.54, 1.807) is 7.11 Å². The molecule has 0 saturated carbocycles. The van der Waals surface area contributed by atoms with Crippen molar-refractivity contribution in [2.75, 3.05) is 26.7 Å². The number of hydrogen-bond donors (Lipinski definition) is 1. The van der Waals surface area contributed by atoms with Crippen LogP contribution in [0.15, 0.2) is 29.1 Å². The number of rotatable bonds is 8. The number of likely N-dealkylation sites (tertiary alicyclic amines) is 1. The Bertz CT molecular complexity index is 1020. The van der Waals surface area contributed by atoms with Crippen molar-refractivity contribution in [1.29, 1.82) is 0 Å². The van der Waals surface area contributed by atoms with Crippen LogP contribution < -0.4 is 10.3 Å². The number of H-pyrrole nitrogens is 1. The fourth-order valence-corrected chi connectivity index (χ4v) is 4.70. The molecule has 4 rings (SSSR count). The van der Waals surface area contributed by atoms with Gasteiger partial charge in [0, 0.05) is 29.9 Å². The molecule has 0 atom stereocenters. The van der Waals surface area contributed by atoms with Gasteiger partial charge < -0.3 is 9.72 Å². The number of ketones is 2. The minimum absolute atomic E-state index is 0.000447. The molecule has 1 fully saturated rings. The Hall–Kier alpha value is -2.80. The third-order valence-electron chi connectivity index (χ3n) is 6.61. The van der Waals surface area contributed by atoms with Crippen LogP contribution in [0.1, 0.15) is 59.5 Å². The number of aromatic amines is 1. The second kappa shape index (κ2) is 10.2. The van der Waals surface area contributed by atoms with Crippen LogP contribution in [0.5, 0.6) is 5.75 Å². The van der Waals surface area contributed by atoms with Gasteiger partial charge in [0.2, 0.25) is 0 Å². The molecule has 0 amide bonds. The quantitative estimate of drug-likeness (QED) is 0.639. The highest BCUT2D eigenvalue weighted by Gasteiger charge is 2.26. The molecule has 1 aliphatic carbocycles. The van der Waals surface area contributed by atoms with E-state index in [0.29, 0.717) is 30.8 Å². The Kier molecular flexibility index (Phi) is 7.15. The van der Waals surface area contributed by atoms with Gasteiger partial charge in [-0.15, -0.1) is 0 Å². The van der Waals surface area contributed by atoms with E-state index in [4.69, 9.17) is 4.74 Å². The molecule has 2 aliphatic rings. The molecular formula is C25H31N3O4. The van der Waals surface area contributed by atoms with Crippen LogP contribution in [-0.4, -0.2) is 53.2 Å². The lowest BCUT2D eigenvalue weighted by Gasteiger charge is -2.30. The van der Waals surface area contributed by atoms with E-state index in [9.17, 15) is 14.4 Å². The summed E-state index contributed by atoms with van der Waals surface area (Å²) < 4.78 is 5.15. The Labute approximate surface area is 188 Å². The number of carbonyl (C=O) groups excluding carboxylic acids is 2. The fraction of sp³-hybridized carbons (Fsp3) is 0.520. The van der Waals surface area contributed by atoms with Crippen molar-refractivity contribution in [2.24, 2.45) is 5.92 Å². The monoisotopic (exact) mass is 437 g/mol. The van der Waals surface area contributed by atoms with Gasteiger partial charge in [-0.2, -0.15) is 0 Å². The molecule has 2 heterocycles. The molecule has 7 heteroatoms. The molecule has 0 radical (unpaired) electrons. The number of Topliss-reactive ketones (excluding diaryl/α,β-unsaturated/α-hetero) is 2. The minimum atomic E-state index is -0.0410. The molecule has 1 aromatic carbocycles. The first-order chi connectivity index (χ1) is 15.5. The number of methoxy groups -OCH3 is 1. The van der Waals surface area contributed by atoms with Crippen LogP contribution in [0, 0.1) is 5.92 Å². The van der Waals surface area contributed by atoms with Crippen molar-refractivity contribution >= 4 is 11.6 Å². The summed E-state index contributed by atoms with van der Waals surface area (Å²) in [6.45, 7) is 1.87. The zero-order valence-electron chi connectivity index (χ0n) is 18.7. The Balaban J connectivity index is 1.23. The maximum atomic E-state index is 12.8. The highest BCUT2D eigenvalue weighted by Crippen LogP contribution is 2.23. The first-order valence-corrected chi connectivity index (χ1v) is 11.6. The maximum Gasteiger partial charge on any atom is 0.254 e. The third-order valence-corrected chi connectivity index (χ3v) is 6.61. The van der Waals surface area contributed by atoms with Crippen LogP contribution in [0.3, 0.4) is 0 Å². The summed E-state index contributed by atoms with van der Waals surface area (Å²) in [6, 6.07) is 7.25. The molecule has 1 aliphatic heterocycles.